The van der Waals surface area contributed by atoms with Crippen LogP contribution in [0.25, 0.3) is 0 Å². The number of hydrogen-bond acceptors (Lipinski definition) is 4. The number of benzene rings is 1. The average molecular weight is 447 g/mol. The van der Waals surface area contributed by atoms with E-state index < -0.39 is 45.3 Å². The van der Waals surface area contributed by atoms with E-state index in [-0.39, 0.29) is 29.4 Å². The SMILES string of the molecule is CCN(CC)C(=O)c1sc(Oc2cc(C(F)(F)F)ccc2Cl)nc1C(F)(F)F. The van der Waals surface area contributed by atoms with Crippen molar-refractivity contribution in [3.63, 3.8) is 0 Å². The predicted octanol–water partition coefficient (Wildman–Crippen LogP) is 6.11. The van der Waals surface area contributed by atoms with Crippen LogP contribution in [0.1, 0.15) is 34.8 Å². The molecule has 4 nitrogen and oxygen atoms in total. The van der Waals surface area contributed by atoms with E-state index in [0.29, 0.717) is 12.1 Å². The maximum absolute atomic E-state index is 13.3. The first-order chi connectivity index (χ1) is 12.9. The van der Waals surface area contributed by atoms with Crippen molar-refractivity contribution < 1.29 is 35.9 Å². The Balaban J connectivity index is 2.47. The zero-order chi connectivity index (χ0) is 21.3. The van der Waals surface area contributed by atoms with Crippen LogP contribution in [0.4, 0.5) is 26.3 Å². The standard InChI is InChI=1S/C16H13ClF6N2O2S/c1-3-25(4-2)13(26)11-12(16(21,22)23)24-14(28-11)27-10-7-8(15(18,19)20)5-6-9(10)17/h5-7H,3-4H2,1-2H3. The number of hydrogen-bond donors (Lipinski definition) is 0. The highest BCUT2D eigenvalue weighted by Gasteiger charge is 2.41. The number of alkyl halides is 6. The quantitative estimate of drug-likeness (QED) is 0.520. The van der Waals surface area contributed by atoms with Crippen molar-refractivity contribution in [1.29, 1.82) is 0 Å². The molecule has 2 aromatic rings. The summed E-state index contributed by atoms with van der Waals surface area (Å²) in [7, 11) is 0. The van der Waals surface area contributed by atoms with Gasteiger partial charge in [-0.2, -0.15) is 31.3 Å². The van der Waals surface area contributed by atoms with Gasteiger partial charge in [-0.25, -0.2) is 0 Å². The van der Waals surface area contributed by atoms with Gasteiger partial charge in [-0.3, -0.25) is 4.79 Å². The van der Waals surface area contributed by atoms with Crippen molar-refractivity contribution in [2.75, 3.05) is 13.1 Å². The lowest BCUT2D eigenvalue weighted by Gasteiger charge is -2.18. The lowest BCUT2D eigenvalue weighted by molar-refractivity contribution is -0.141. The first kappa shape index (κ1) is 22.3. The fourth-order valence-electron chi connectivity index (χ4n) is 2.19. The molecule has 1 heterocycles. The van der Waals surface area contributed by atoms with E-state index in [4.69, 9.17) is 16.3 Å². The Bertz CT molecular complexity index is 862. The van der Waals surface area contributed by atoms with Crippen LogP contribution < -0.4 is 4.74 Å². The Hall–Kier alpha value is -2.01. The molecule has 0 bridgehead atoms. The van der Waals surface area contributed by atoms with Gasteiger partial charge in [0.05, 0.1) is 10.6 Å². The number of aromatic nitrogens is 1. The van der Waals surface area contributed by atoms with E-state index in [0.717, 1.165) is 11.0 Å². The Morgan fingerprint density at radius 1 is 1.14 bits per heavy atom. The molecule has 1 aromatic carbocycles. The van der Waals surface area contributed by atoms with Crippen LogP contribution >= 0.6 is 22.9 Å². The Kier molecular flexibility index (Phi) is 6.49. The van der Waals surface area contributed by atoms with Gasteiger partial charge in [0.2, 0.25) is 0 Å². The van der Waals surface area contributed by atoms with Gasteiger partial charge in [-0.1, -0.05) is 22.9 Å². The molecule has 0 saturated carbocycles. The fraction of sp³-hybridized carbons (Fsp3) is 0.375. The van der Waals surface area contributed by atoms with Gasteiger partial charge >= 0.3 is 12.4 Å². The number of halogens is 7. The molecule has 12 heteroatoms. The molecule has 154 valence electrons. The van der Waals surface area contributed by atoms with Crippen molar-refractivity contribution in [3.8, 4) is 10.9 Å². The lowest BCUT2D eigenvalue weighted by atomic mass is 10.2. The second-order valence-corrected chi connectivity index (χ2v) is 6.75. The molecule has 0 aliphatic heterocycles. The zero-order valence-corrected chi connectivity index (χ0v) is 16.0. The third kappa shape index (κ3) is 4.88. The van der Waals surface area contributed by atoms with Crippen molar-refractivity contribution in [3.05, 3.63) is 39.4 Å². The summed E-state index contributed by atoms with van der Waals surface area (Å²) in [5, 5.41) is -0.905. The van der Waals surface area contributed by atoms with Gasteiger partial charge in [0.1, 0.15) is 10.6 Å². The third-order valence-corrected chi connectivity index (χ3v) is 4.81. The largest absolute Gasteiger partial charge is 0.435 e. The second kappa shape index (κ2) is 8.16. The third-order valence-electron chi connectivity index (χ3n) is 3.58. The molecular weight excluding hydrogens is 434 g/mol. The minimum absolute atomic E-state index is 0.167. The molecule has 0 spiro atoms. The first-order valence-corrected chi connectivity index (χ1v) is 8.99. The molecule has 0 saturated heterocycles. The second-order valence-electron chi connectivity index (χ2n) is 5.38. The van der Waals surface area contributed by atoms with Crippen LogP contribution in [-0.2, 0) is 12.4 Å². The topological polar surface area (TPSA) is 42.4 Å². The van der Waals surface area contributed by atoms with Gasteiger partial charge < -0.3 is 9.64 Å². The summed E-state index contributed by atoms with van der Waals surface area (Å²) in [5.74, 6) is -1.43. The van der Waals surface area contributed by atoms with E-state index in [1.54, 1.807) is 13.8 Å². The summed E-state index contributed by atoms with van der Waals surface area (Å²) in [6.45, 7) is 3.52. The molecule has 28 heavy (non-hydrogen) atoms. The highest BCUT2D eigenvalue weighted by Crippen LogP contribution is 2.41. The molecule has 1 aromatic heterocycles. The number of nitrogens with zero attached hydrogens (tertiary/aromatic N) is 2. The van der Waals surface area contributed by atoms with Crippen molar-refractivity contribution in [2.45, 2.75) is 26.2 Å². The maximum atomic E-state index is 13.3. The smallest absolute Gasteiger partial charge is 0.429 e. The monoisotopic (exact) mass is 446 g/mol. The Labute approximate surface area is 164 Å². The van der Waals surface area contributed by atoms with Crippen LogP contribution in [0.3, 0.4) is 0 Å². The fourth-order valence-corrected chi connectivity index (χ4v) is 3.26. The van der Waals surface area contributed by atoms with E-state index in [1.807, 2.05) is 0 Å². The Morgan fingerprint density at radius 2 is 1.75 bits per heavy atom. The minimum Gasteiger partial charge on any atom is -0.429 e. The summed E-state index contributed by atoms with van der Waals surface area (Å²) in [4.78, 5) is 16.1. The van der Waals surface area contributed by atoms with Crippen molar-refractivity contribution in [1.82, 2.24) is 9.88 Å². The molecule has 0 aliphatic rings. The van der Waals surface area contributed by atoms with Gasteiger partial charge in [-0.15, -0.1) is 0 Å². The highest BCUT2D eigenvalue weighted by molar-refractivity contribution is 7.15. The minimum atomic E-state index is -4.95. The van der Waals surface area contributed by atoms with Gasteiger partial charge in [0, 0.05) is 13.1 Å². The summed E-state index contributed by atoms with van der Waals surface area (Å²) in [5.41, 5.74) is -2.56. The lowest BCUT2D eigenvalue weighted by Crippen LogP contribution is -2.31. The summed E-state index contributed by atoms with van der Waals surface area (Å²) in [6.07, 6.45) is -9.65. The molecule has 0 N–H and O–H groups in total. The summed E-state index contributed by atoms with van der Waals surface area (Å²) < 4.78 is 83.4. The molecule has 1 amide bonds. The predicted molar refractivity (Wildman–Crippen MR) is 90.9 cm³/mol. The van der Waals surface area contributed by atoms with Crippen LogP contribution in [0.15, 0.2) is 18.2 Å². The average Bonchev–Trinajstić information content (AvgIpc) is 3.01. The van der Waals surface area contributed by atoms with E-state index >= 15 is 0 Å². The van der Waals surface area contributed by atoms with E-state index in [2.05, 4.69) is 4.98 Å². The molecule has 0 fully saturated rings. The maximum Gasteiger partial charge on any atom is 0.435 e. The number of thiazole rings is 1. The van der Waals surface area contributed by atoms with Gasteiger partial charge in [0.15, 0.2) is 5.69 Å². The number of rotatable bonds is 5. The molecule has 0 radical (unpaired) electrons. The summed E-state index contributed by atoms with van der Waals surface area (Å²) >= 11 is 6.06. The molecular formula is C16H13ClF6N2O2S. The Morgan fingerprint density at radius 3 is 2.25 bits per heavy atom. The number of carbonyl (C=O) groups is 1. The van der Waals surface area contributed by atoms with E-state index in [9.17, 15) is 31.1 Å². The van der Waals surface area contributed by atoms with E-state index in [1.165, 1.54) is 0 Å². The normalized spacial score (nSPS) is 12.2. The highest BCUT2D eigenvalue weighted by atomic mass is 35.5. The van der Waals surface area contributed by atoms with Crippen molar-refractivity contribution in [2.24, 2.45) is 0 Å². The van der Waals surface area contributed by atoms with Crippen molar-refractivity contribution >= 4 is 28.8 Å². The van der Waals surface area contributed by atoms with Gasteiger partial charge in [-0.05, 0) is 32.0 Å². The number of amides is 1. The van der Waals surface area contributed by atoms with Gasteiger partial charge in [0.25, 0.3) is 11.1 Å². The summed E-state index contributed by atoms with van der Waals surface area (Å²) in [6, 6.07) is 2.15. The zero-order valence-electron chi connectivity index (χ0n) is 14.4. The van der Waals surface area contributed by atoms with Crippen LogP contribution in [0.2, 0.25) is 5.02 Å². The van der Waals surface area contributed by atoms with Crippen LogP contribution in [-0.4, -0.2) is 28.9 Å². The van der Waals surface area contributed by atoms with Crippen LogP contribution in [0.5, 0.6) is 10.9 Å². The molecule has 2 rings (SSSR count). The first-order valence-electron chi connectivity index (χ1n) is 7.80. The molecule has 0 unspecified atom stereocenters. The molecule has 0 atom stereocenters. The molecule has 0 aliphatic carbocycles. The number of ether oxygens (including phenoxy) is 1. The van der Waals surface area contributed by atoms with Crippen LogP contribution in [0, 0.1) is 0 Å². The number of carbonyl (C=O) groups excluding carboxylic acids is 1.